The summed E-state index contributed by atoms with van der Waals surface area (Å²) in [4.78, 5) is 12.0. The van der Waals surface area contributed by atoms with Gasteiger partial charge in [0.15, 0.2) is 0 Å². The standard InChI is InChI=1S/C15H22N2O3/c1-11(2)20-10-12-3-5-13(6-4-12)17-15(18)14-9-16-7-8-19-14/h3-6,11,14,16H,7-10H2,1-2H3,(H,17,18). The fraction of sp³-hybridized carbons (Fsp3) is 0.533. The number of hydrogen-bond acceptors (Lipinski definition) is 4. The smallest absolute Gasteiger partial charge is 0.254 e. The number of hydrogen-bond donors (Lipinski definition) is 2. The Bertz CT molecular complexity index is 425. The van der Waals surface area contributed by atoms with Crippen LogP contribution in [0.2, 0.25) is 0 Å². The van der Waals surface area contributed by atoms with Crippen molar-refractivity contribution in [3.05, 3.63) is 29.8 Å². The minimum Gasteiger partial charge on any atom is -0.374 e. The Labute approximate surface area is 119 Å². The maximum Gasteiger partial charge on any atom is 0.254 e. The van der Waals surface area contributed by atoms with Crippen molar-refractivity contribution in [3.8, 4) is 0 Å². The van der Waals surface area contributed by atoms with Crippen molar-refractivity contribution in [1.82, 2.24) is 5.32 Å². The molecule has 0 radical (unpaired) electrons. The number of carbonyl (C=O) groups is 1. The third-order valence-electron chi connectivity index (χ3n) is 3.02. The number of benzene rings is 1. The number of ether oxygens (including phenoxy) is 2. The molecule has 0 spiro atoms. The molecule has 1 atom stereocenters. The minimum absolute atomic E-state index is 0.108. The van der Waals surface area contributed by atoms with E-state index in [1.54, 1.807) is 0 Å². The molecule has 1 heterocycles. The van der Waals surface area contributed by atoms with Gasteiger partial charge in [0.25, 0.3) is 5.91 Å². The lowest BCUT2D eigenvalue weighted by atomic mass is 10.2. The second-order valence-electron chi connectivity index (χ2n) is 5.11. The van der Waals surface area contributed by atoms with E-state index in [0.29, 0.717) is 19.8 Å². The molecule has 1 aromatic carbocycles. The van der Waals surface area contributed by atoms with Gasteiger partial charge < -0.3 is 20.1 Å². The summed E-state index contributed by atoms with van der Waals surface area (Å²) in [5.74, 6) is -0.108. The Hall–Kier alpha value is -1.43. The minimum atomic E-state index is -0.410. The molecule has 1 saturated heterocycles. The fourth-order valence-electron chi connectivity index (χ4n) is 1.90. The largest absolute Gasteiger partial charge is 0.374 e. The van der Waals surface area contributed by atoms with Crippen LogP contribution < -0.4 is 10.6 Å². The lowest BCUT2D eigenvalue weighted by Gasteiger charge is -2.22. The van der Waals surface area contributed by atoms with Gasteiger partial charge in [-0.15, -0.1) is 0 Å². The Balaban J connectivity index is 1.84. The van der Waals surface area contributed by atoms with E-state index in [1.165, 1.54) is 0 Å². The normalized spacial score (nSPS) is 19.1. The molecule has 5 nitrogen and oxygen atoms in total. The molecule has 1 fully saturated rings. The summed E-state index contributed by atoms with van der Waals surface area (Å²) in [6.07, 6.45) is -0.196. The maximum atomic E-state index is 12.0. The molecule has 5 heteroatoms. The molecule has 0 aromatic heterocycles. The lowest BCUT2D eigenvalue weighted by molar-refractivity contribution is -0.128. The van der Waals surface area contributed by atoms with Crippen LogP contribution in [0.3, 0.4) is 0 Å². The van der Waals surface area contributed by atoms with Crippen LogP contribution in [-0.4, -0.2) is 37.8 Å². The number of amides is 1. The summed E-state index contributed by atoms with van der Waals surface area (Å²) in [5.41, 5.74) is 1.87. The van der Waals surface area contributed by atoms with Crippen LogP contribution in [0.1, 0.15) is 19.4 Å². The van der Waals surface area contributed by atoms with Crippen molar-refractivity contribution in [2.45, 2.75) is 32.7 Å². The number of anilines is 1. The van der Waals surface area contributed by atoms with Crippen molar-refractivity contribution in [3.63, 3.8) is 0 Å². The zero-order valence-corrected chi connectivity index (χ0v) is 12.0. The highest BCUT2D eigenvalue weighted by atomic mass is 16.5. The molecule has 0 bridgehead atoms. The average molecular weight is 278 g/mol. The Kier molecular flexibility index (Phi) is 5.52. The summed E-state index contributed by atoms with van der Waals surface area (Å²) in [6.45, 7) is 6.53. The molecule has 1 amide bonds. The highest BCUT2D eigenvalue weighted by molar-refractivity contribution is 5.94. The van der Waals surface area contributed by atoms with E-state index in [0.717, 1.165) is 17.8 Å². The van der Waals surface area contributed by atoms with E-state index in [9.17, 15) is 4.79 Å². The molecule has 0 aliphatic carbocycles. The first-order valence-electron chi connectivity index (χ1n) is 6.99. The topological polar surface area (TPSA) is 59.6 Å². The molecule has 20 heavy (non-hydrogen) atoms. The van der Waals surface area contributed by atoms with Gasteiger partial charge in [0.2, 0.25) is 0 Å². The second kappa shape index (κ2) is 7.38. The number of carbonyl (C=O) groups excluding carboxylic acids is 1. The highest BCUT2D eigenvalue weighted by Gasteiger charge is 2.21. The quantitative estimate of drug-likeness (QED) is 0.857. The molecule has 1 unspecified atom stereocenters. The summed E-state index contributed by atoms with van der Waals surface area (Å²) in [7, 11) is 0. The number of rotatable bonds is 5. The molecule has 2 rings (SSSR count). The van der Waals surface area contributed by atoms with Gasteiger partial charge >= 0.3 is 0 Å². The van der Waals surface area contributed by atoms with Gasteiger partial charge in [-0.2, -0.15) is 0 Å². The fourth-order valence-corrected chi connectivity index (χ4v) is 1.90. The van der Waals surface area contributed by atoms with Crippen molar-refractivity contribution in [2.24, 2.45) is 0 Å². The van der Waals surface area contributed by atoms with Crippen LogP contribution in [0.15, 0.2) is 24.3 Å². The van der Waals surface area contributed by atoms with Gasteiger partial charge in [-0.25, -0.2) is 0 Å². The maximum absolute atomic E-state index is 12.0. The van der Waals surface area contributed by atoms with Gasteiger partial charge in [0.05, 0.1) is 19.3 Å². The lowest BCUT2D eigenvalue weighted by Crippen LogP contribution is -2.45. The number of nitrogens with one attached hydrogen (secondary N) is 2. The molecular formula is C15H22N2O3. The van der Waals surface area contributed by atoms with E-state index in [2.05, 4.69) is 10.6 Å². The second-order valence-corrected chi connectivity index (χ2v) is 5.11. The van der Waals surface area contributed by atoms with E-state index in [4.69, 9.17) is 9.47 Å². The third-order valence-corrected chi connectivity index (χ3v) is 3.02. The first kappa shape index (κ1) is 15.0. The van der Waals surface area contributed by atoms with E-state index < -0.39 is 6.10 Å². The molecule has 1 aliphatic rings. The first-order valence-corrected chi connectivity index (χ1v) is 6.99. The van der Waals surface area contributed by atoms with Crippen LogP contribution in [0.4, 0.5) is 5.69 Å². The van der Waals surface area contributed by atoms with Crippen LogP contribution in [0, 0.1) is 0 Å². The van der Waals surface area contributed by atoms with Gasteiger partial charge in [-0.3, -0.25) is 4.79 Å². The zero-order valence-electron chi connectivity index (χ0n) is 12.0. The monoisotopic (exact) mass is 278 g/mol. The summed E-state index contributed by atoms with van der Waals surface area (Å²) < 4.78 is 10.9. The highest BCUT2D eigenvalue weighted by Crippen LogP contribution is 2.12. The van der Waals surface area contributed by atoms with Crippen LogP contribution in [-0.2, 0) is 20.9 Å². The predicted octanol–water partition coefficient (Wildman–Crippen LogP) is 1.54. The van der Waals surface area contributed by atoms with Gasteiger partial charge in [0.1, 0.15) is 6.10 Å². The van der Waals surface area contributed by atoms with Crippen molar-refractivity contribution in [1.29, 1.82) is 0 Å². The molecule has 0 saturated carbocycles. The SMILES string of the molecule is CC(C)OCc1ccc(NC(=O)C2CNCCO2)cc1. The average Bonchev–Trinajstić information content (AvgIpc) is 2.47. The van der Waals surface area contributed by atoms with Gasteiger partial charge in [-0.05, 0) is 31.5 Å². The van der Waals surface area contributed by atoms with Gasteiger partial charge in [-0.1, -0.05) is 12.1 Å². The number of morpholine rings is 1. The van der Waals surface area contributed by atoms with Crippen LogP contribution in [0.5, 0.6) is 0 Å². The van der Waals surface area contributed by atoms with Crippen LogP contribution >= 0.6 is 0 Å². The Morgan fingerprint density at radius 3 is 2.80 bits per heavy atom. The van der Waals surface area contributed by atoms with E-state index in [-0.39, 0.29) is 12.0 Å². The molecule has 110 valence electrons. The van der Waals surface area contributed by atoms with Gasteiger partial charge in [0, 0.05) is 18.8 Å². The van der Waals surface area contributed by atoms with E-state index in [1.807, 2.05) is 38.1 Å². The molecular weight excluding hydrogens is 256 g/mol. The van der Waals surface area contributed by atoms with E-state index >= 15 is 0 Å². The Morgan fingerprint density at radius 2 is 2.20 bits per heavy atom. The van der Waals surface area contributed by atoms with Crippen LogP contribution in [0.25, 0.3) is 0 Å². The predicted molar refractivity (Wildman–Crippen MR) is 77.6 cm³/mol. The van der Waals surface area contributed by atoms with Crippen molar-refractivity contribution in [2.75, 3.05) is 25.0 Å². The third kappa shape index (κ3) is 4.59. The zero-order chi connectivity index (χ0) is 14.4. The molecule has 1 aliphatic heterocycles. The van der Waals surface area contributed by atoms with Crippen molar-refractivity contribution < 1.29 is 14.3 Å². The molecule has 1 aromatic rings. The summed E-state index contributed by atoms with van der Waals surface area (Å²) >= 11 is 0. The summed E-state index contributed by atoms with van der Waals surface area (Å²) in [5, 5.41) is 5.99. The van der Waals surface area contributed by atoms with Crippen molar-refractivity contribution >= 4 is 11.6 Å². The summed E-state index contributed by atoms with van der Waals surface area (Å²) in [6, 6.07) is 7.68. The Morgan fingerprint density at radius 1 is 1.45 bits per heavy atom. The molecule has 2 N–H and O–H groups in total. The first-order chi connectivity index (χ1) is 9.65.